The Hall–Kier alpha value is -3.40. The second kappa shape index (κ2) is 8.53. The lowest BCUT2D eigenvalue weighted by molar-refractivity contribution is -0.149. The molecule has 1 heterocycles. The van der Waals surface area contributed by atoms with E-state index in [9.17, 15) is 14.0 Å². The molecule has 6 nitrogen and oxygen atoms in total. The van der Waals surface area contributed by atoms with Crippen molar-refractivity contribution < 1.29 is 23.5 Å². The highest BCUT2D eigenvalue weighted by molar-refractivity contribution is 5.99. The molecule has 0 aromatic heterocycles. The van der Waals surface area contributed by atoms with Crippen molar-refractivity contribution in [2.75, 3.05) is 24.7 Å². The molecule has 1 aliphatic rings. The zero-order valence-electron chi connectivity index (χ0n) is 15.4. The van der Waals surface area contributed by atoms with Crippen molar-refractivity contribution in [1.29, 1.82) is 5.26 Å². The minimum atomic E-state index is -0.591. The third-order valence-electron chi connectivity index (χ3n) is 4.51. The van der Waals surface area contributed by atoms with Crippen molar-refractivity contribution in [1.82, 2.24) is 0 Å². The molecule has 0 aliphatic carbocycles. The molecule has 1 unspecified atom stereocenters. The van der Waals surface area contributed by atoms with Gasteiger partial charge < -0.3 is 14.4 Å². The smallest absolute Gasteiger partial charge is 0.311 e. The predicted octanol–water partition coefficient (Wildman–Crippen LogP) is 2.98. The summed E-state index contributed by atoms with van der Waals surface area (Å²) in [6.45, 7) is 2.01. The van der Waals surface area contributed by atoms with Crippen LogP contribution in [0.1, 0.15) is 17.5 Å². The number of hydrogen-bond acceptors (Lipinski definition) is 5. The molecule has 2 aromatic rings. The number of nitriles is 1. The summed E-state index contributed by atoms with van der Waals surface area (Å²) >= 11 is 0. The minimum absolute atomic E-state index is 0.0325. The summed E-state index contributed by atoms with van der Waals surface area (Å²) in [7, 11) is 0. The molecule has 0 N–H and O–H groups in total. The predicted molar refractivity (Wildman–Crippen MR) is 99.2 cm³/mol. The van der Waals surface area contributed by atoms with Gasteiger partial charge in [0.25, 0.3) is 0 Å². The SMILES string of the molecule is Cc1ccc(N2CC(C(=O)OCCOc3ccc(C#N)cc3)CC2=O)cc1F. The Labute approximate surface area is 162 Å². The van der Waals surface area contributed by atoms with E-state index in [0.717, 1.165) is 0 Å². The third-order valence-corrected chi connectivity index (χ3v) is 4.51. The summed E-state index contributed by atoms with van der Waals surface area (Å²) < 4.78 is 24.4. The molecule has 0 spiro atoms. The van der Waals surface area contributed by atoms with Crippen molar-refractivity contribution >= 4 is 17.6 Å². The molecule has 1 fully saturated rings. The van der Waals surface area contributed by atoms with E-state index in [1.807, 2.05) is 6.07 Å². The zero-order valence-corrected chi connectivity index (χ0v) is 15.4. The molecule has 1 aliphatic heterocycles. The van der Waals surface area contributed by atoms with Crippen molar-refractivity contribution in [3.8, 4) is 11.8 Å². The van der Waals surface area contributed by atoms with Crippen LogP contribution >= 0.6 is 0 Å². The maximum atomic E-state index is 13.7. The number of anilines is 1. The summed E-state index contributed by atoms with van der Waals surface area (Å²) in [5.41, 5.74) is 1.46. The highest BCUT2D eigenvalue weighted by atomic mass is 19.1. The standard InChI is InChI=1S/C21H19FN2O4/c1-14-2-5-17(11-19(14)22)24-13-16(10-20(24)25)21(26)28-9-8-27-18-6-3-15(12-23)4-7-18/h2-7,11,16H,8-10,13H2,1H3. The van der Waals surface area contributed by atoms with Gasteiger partial charge in [0.15, 0.2) is 0 Å². The maximum Gasteiger partial charge on any atom is 0.311 e. The highest BCUT2D eigenvalue weighted by Gasteiger charge is 2.36. The van der Waals surface area contributed by atoms with Gasteiger partial charge in [-0.25, -0.2) is 4.39 Å². The molecule has 0 bridgehead atoms. The van der Waals surface area contributed by atoms with Gasteiger partial charge in [-0.15, -0.1) is 0 Å². The van der Waals surface area contributed by atoms with Crippen molar-refractivity contribution in [2.45, 2.75) is 13.3 Å². The first kappa shape index (κ1) is 19.4. The summed E-state index contributed by atoms with van der Waals surface area (Å²) in [6, 6.07) is 13.2. The van der Waals surface area contributed by atoms with Crippen LogP contribution in [0.15, 0.2) is 42.5 Å². The zero-order chi connectivity index (χ0) is 20.1. The lowest BCUT2D eigenvalue weighted by atomic mass is 10.1. The number of esters is 1. The summed E-state index contributed by atoms with van der Waals surface area (Å²) in [4.78, 5) is 25.8. The fourth-order valence-corrected chi connectivity index (χ4v) is 2.91. The molecule has 7 heteroatoms. The molecule has 0 radical (unpaired) electrons. The summed E-state index contributed by atoms with van der Waals surface area (Å²) in [5.74, 6) is -1.13. The number of carbonyl (C=O) groups is 2. The van der Waals surface area contributed by atoms with E-state index in [4.69, 9.17) is 14.7 Å². The number of rotatable bonds is 6. The van der Waals surface area contributed by atoms with E-state index in [1.54, 1.807) is 43.3 Å². The van der Waals surface area contributed by atoms with E-state index in [-0.39, 0.29) is 32.1 Å². The van der Waals surface area contributed by atoms with Crippen LogP contribution in [0.25, 0.3) is 0 Å². The summed E-state index contributed by atoms with van der Waals surface area (Å²) in [6.07, 6.45) is 0.0325. The average Bonchev–Trinajstić information content (AvgIpc) is 3.09. The van der Waals surface area contributed by atoms with Gasteiger partial charge >= 0.3 is 5.97 Å². The lowest BCUT2D eigenvalue weighted by Gasteiger charge is -2.17. The fraction of sp³-hybridized carbons (Fsp3) is 0.286. The van der Waals surface area contributed by atoms with Crippen LogP contribution < -0.4 is 9.64 Å². The number of aryl methyl sites for hydroxylation is 1. The van der Waals surface area contributed by atoms with Crippen molar-refractivity contribution in [3.63, 3.8) is 0 Å². The van der Waals surface area contributed by atoms with E-state index in [2.05, 4.69) is 0 Å². The number of carbonyl (C=O) groups excluding carboxylic acids is 2. The monoisotopic (exact) mass is 382 g/mol. The maximum absolute atomic E-state index is 13.7. The van der Waals surface area contributed by atoms with Crippen molar-refractivity contribution in [2.24, 2.45) is 5.92 Å². The molecule has 2 aromatic carbocycles. The quantitative estimate of drug-likeness (QED) is 0.567. The van der Waals surface area contributed by atoms with Crippen LogP contribution in [0.3, 0.4) is 0 Å². The Morgan fingerprint density at radius 2 is 2.00 bits per heavy atom. The fourth-order valence-electron chi connectivity index (χ4n) is 2.91. The van der Waals surface area contributed by atoms with E-state index in [1.165, 1.54) is 11.0 Å². The normalized spacial score (nSPS) is 16.0. The van der Waals surface area contributed by atoms with Gasteiger partial charge in [0, 0.05) is 18.7 Å². The molecule has 28 heavy (non-hydrogen) atoms. The number of nitrogens with zero attached hydrogens (tertiary/aromatic N) is 2. The Morgan fingerprint density at radius 1 is 1.25 bits per heavy atom. The summed E-state index contributed by atoms with van der Waals surface area (Å²) in [5, 5.41) is 8.75. The Morgan fingerprint density at radius 3 is 2.68 bits per heavy atom. The average molecular weight is 382 g/mol. The van der Waals surface area contributed by atoms with Crippen LogP contribution in [0.2, 0.25) is 0 Å². The van der Waals surface area contributed by atoms with Gasteiger partial charge in [-0.05, 0) is 48.9 Å². The van der Waals surface area contributed by atoms with Gasteiger partial charge in [0.2, 0.25) is 5.91 Å². The topological polar surface area (TPSA) is 79.6 Å². The number of ether oxygens (including phenoxy) is 2. The molecule has 144 valence electrons. The second-order valence-corrected chi connectivity index (χ2v) is 6.49. The molecule has 1 saturated heterocycles. The van der Waals surface area contributed by atoms with Crippen LogP contribution in [0, 0.1) is 30.0 Å². The van der Waals surface area contributed by atoms with Crippen LogP contribution in [-0.4, -0.2) is 31.6 Å². The van der Waals surface area contributed by atoms with Crippen LogP contribution in [-0.2, 0) is 14.3 Å². The third kappa shape index (κ3) is 4.46. The highest BCUT2D eigenvalue weighted by Crippen LogP contribution is 2.27. The van der Waals surface area contributed by atoms with Crippen LogP contribution in [0.5, 0.6) is 5.75 Å². The van der Waals surface area contributed by atoms with E-state index in [0.29, 0.717) is 22.6 Å². The lowest BCUT2D eigenvalue weighted by Crippen LogP contribution is -2.27. The first-order valence-corrected chi connectivity index (χ1v) is 8.84. The number of halogens is 1. The Bertz CT molecular complexity index is 921. The first-order valence-electron chi connectivity index (χ1n) is 8.84. The van der Waals surface area contributed by atoms with Gasteiger partial charge in [0.05, 0.1) is 17.6 Å². The van der Waals surface area contributed by atoms with Gasteiger partial charge in [-0.1, -0.05) is 6.07 Å². The van der Waals surface area contributed by atoms with E-state index < -0.39 is 17.7 Å². The number of hydrogen-bond donors (Lipinski definition) is 0. The molecule has 1 amide bonds. The second-order valence-electron chi connectivity index (χ2n) is 6.49. The van der Waals surface area contributed by atoms with Gasteiger partial charge in [0.1, 0.15) is 24.8 Å². The van der Waals surface area contributed by atoms with Gasteiger partial charge in [-0.2, -0.15) is 5.26 Å². The molecule has 0 saturated carbocycles. The van der Waals surface area contributed by atoms with E-state index >= 15 is 0 Å². The number of amides is 1. The molecular formula is C21H19FN2O4. The largest absolute Gasteiger partial charge is 0.490 e. The Balaban J connectivity index is 1.47. The van der Waals surface area contributed by atoms with Gasteiger partial charge in [-0.3, -0.25) is 9.59 Å². The molecule has 1 atom stereocenters. The first-order chi connectivity index (χ1) is 13.5. The Kier molecular flexibility index (Phi) is 5.90. The minimum Gasteiger partial charge on any atom is -0.490 e. The van der Waals surface area contributed by atoms with Crippen molar-refractivity contribution in [3.05, 3.63) is 59.4 Å². The molecule has 3 rings (SSSR count). The van der Waals surface area contributed by atoms with Crippen LogP contribution in [0.4, 0.5) is 10.1 Å². The molecular weight excluding hydrogens is 363 g/mol. The number of benzene rings is 2.